The normalized spacial score (nSPS) is 30.8. The summed E-state index contributed by atoms with van der Waals surface area (Å²) in [7, 11) is -2.67. The van der Waals surface area contributed by atoms with Crippen molar-refractivity contribution in [2.75, 3.05) is 12.9 Å². The van der Waals surface area contributed by atoms with Gasteiger partial charge in [0, 0.05) is 12.7 Å². The Morgan fingerprint density at radius 2 is 1.92 bits per heavy atom. The van der Waals surface area contributed by atoms with Crippen LogP contribution in [0.25, 0.3) is 0 Å². The van der Waals surface area contributed by atoms with Gasteiger partial charge in [0.15, 0.2) is 6.29 Å². The molecule has 1 aliphatic rings. The number of amides is 1. The molecule has 1 saturated heterocycles. The molecule has 1 fully saturated rings. The van der Waals surface area contributed by atoms with Crippen molar-refractivity contribution in [1.29, 1.82) is 0 Å². The number of carbonyl (C=O) groups is 1. The van der Waals surface area contributed by atoms with Crippen molar-refractivity contribution in [3.05, 3.63) is 35.9 Å². The molecule has 10 heteroatoms. The first-order chi connectivity index (χ1) is 11.2. The van der Waals surface area contributed by atoms with Gasteiger partial charge >= 0.3 is 0 Å². The highest BCUT2D eigenvalue weighted by Crippen LogP contribution is 2.23. The summed E-state index contributed by atoms with van der Waals surface area (Å²) in [5.74, 6) is -1.19. The smallest absolute Gasteiger partial charge is 0.251 e. The second-order valence-corrected chi connectivity index (χ2v) is 7.11. The fourth-order valence-electron chi connectivity index (χ4n) is 2.48. The third-order valence-electron chi connectivity index (χ3n) is 3.66. The second-order valence-electron chi connectivity index (χ2n) is 5.45. The summed E-state index contributed by atoms with van der Waals surface area (Å²) in [4.78, 5) is 12.2. The molecular weight excluding hydrogens is 340 g/mol. The van der Waals surface area contributed by atoms with Crippen LogP contribution in [0.4, 0.5) is 0 Å². The van der Waals surface area contributed by atoms with Gasteiger partial charge in [-0.3, -0.25) is 4.79 Å². The highest BCUT2D eigenvalue weighted by molar-refractivity contribution is 7.89. The van der Waals surface area contributed by atoms with E-state index in [2.05, 4.69) is 5.32 Å². The second kappa shape index (κ2) is 7.55. The van der Waals surface area contributed by atoms with Crippen LogP contribution < -0.4 is 10.5 Å². The molecule has 1 aliphatic heterocycles. The van der Waals surface area contributed by atoms with Crippen molar-refractivity contribution in [2.24, 2.45) is 5.14 Å². The van der Waals surface area contributed by atoms with Gasteiger partial charge in [-0.15, -0.1) is 0 Å². The van der Waals surface area contributed by atoms with E-state index < -0.39 is 52.3 Å². The van der Waals surface area contributed by atoms with E-state index in [1.54, 1.807) is 30.3 Å². The molecule has 0 aliphatic carbocycles. The Kier molecular flexibility index (Phi) is 5.91. The van der Waals surface area contributed by atoms with Gasteiger partial charge in [-0.2, -0.15) is 0 Å². The van der Waals surface area contributed by atoms with Gasteiger partial charge < -0.3 is 25.0 Å². The first kappa shape index (κ1) is 18.8. The maximum absolute atomic E-state index is 12.2. The third-order valence-corrected chi connectivity index (χ3v) is 4.46. The number of benzene rings is 1. The van der Waals surface area contributed by atoms with Crippen LogP contribution in [-0.2, 0) is 19.5 Å². The molecule has 134 valence electrons. The Labute approximate surface area is 139 Å². The van der Waals surface area contributed by atoms with Gasteiger partial charge in [0.2, 0.25) is 10.0 Å². The zero-order valence-electron chi connectivity index (χ0n) is 12.9. The summed E-state index contributed by atoms with van der Waals surface area (Å²) in [6.07, 6.45) is -5.48. The molecule has 5 N–H and O–H groups in total. The van der Waals surface area contributed by atoms with Crippen LogP contribution in [0.1, 0.15) is 10.4 Å². The fraction of sp³-hybridized carbons (Fsp3) is 0.500. The van der Waals surface area contributed by atoms with Crippen molar-refractivity contribution < 1.29 is 32.9 Å². The van der Waals surface area contributed by atoms with Gasteiger partial charge in [-0.05, 0) is 12.1 Å². The molecule has 1 aromatic carbocycles. The van der Waals surface area contributed by atoms with E-state index in [1.165, 1.54) is 7.11 Å². The molecule has 1 heterocycles. The Hall–Kier alpha value is -1.56. The minimum Gasteiger partial charge on any atom is -0.388 e. The molecular formula is C14H20N2O7S. The molecule has 9 nitrogen and oxygen atoms in total. The monoisotopic (exact) mass is 360 g/mol. The maximum atomic E-state index is 12.2. The largest absolute Gasteiger partial charge is 0.388 e. The zero-order chi connectivity index (χ0) is 17.9. The number of primary sulfonamides is 1. The predicted octanol–water partition coefficient (Wildman–Crippen LogP) is -1.83. The van der Waals surface area contributed by atoms with Crippen molar-refractivity contribution in [3.63, 3.8) is 0 Å². The standard InChI is InChI=1S/C14H20N2O7S/c1-22-14-10(16-13(19)8-5-3-2-4-6-8)12(18)11(17)9(23-14)7-24(15,20)21/h2-6,9-12,14,17-18H,7H2,1H3,(H,16,19)(H2,15,20,21)/t9-,10-,11-,12-,14+/m1/s1. The molecule has 0 aromatic heterocycles. The molecule has 0 unspecified atom stereocenters. The number of nitrogens with one attached hydrogen (secondary N) is 1. The topological polar surface area (TPSA) is 148 Å². The molecule has 0 bridgehead atoms. The molecule has 0 spiro atoms. The summed E-state index contributed by atoms with van der Waals surface area (Å²) < 4.78 is 32.8. The molecule has 24 heavy (non-hydrogen) atoms. The first-order valence-electron chi connectivity index (χ1n) is 7.13. The predicted molar refractivity (Wildman–Crippen MR) is 83.4 cm³/mol. The number of rotatable bonds is 5. The Morgan fingerprint density at radius 1 is 1.29 bits per heavy atom. The number of ether oxygens (including phenoxy) is 2. The molecule has 2 rings (SSSR count). The average Bonchev–Trinajstić information content (AvgIpc) is 2.54. The number of aliphatic hydroxyl groups is 2. The minimum absolute atomic E-state index is 0.348. The summed E-state index contributed by atoms with van der Waals surface area (Å²) in [5, 5.41) is 27.8. The molecule has 0 radical (unpaired) electrons. The molecule has 1 amide bonds. The van der Waals surface area contributed by atoms with Crippen LogP contribution in [0, 0.1) is 0 Å². The Bertz CT molecular complexity index is 665. The molecule has 1 aromatic rings. The highest BCUT2D eigenvalue weighted by Gasteiger charge is 2.46. The van der Waals surface area contributed by atoms with Crippen LogP contribution >= 0.6 is 0 Å². The first-order valence-corrected chi connectivity index (χ1v) is 8.85. The lowest BCUT2D eigenvalue weighted by molar-refractivity contribution is -0.249. The van der Waals surface area contributed by atoms with Crippen molar-refractivity contribution in [2.45, 2.75) is 30.6 Å². The van der Waals surface area contributed by atoms with E-state index >= 15 is 0 Å². The van der Waals surface area contributed by atoms with Crippen LogP contribution in [0.2, 0.25) is 0 Å². The number of carbonyl (C=O) groups excluding carboxylic acids is 1. The maximum Gasteiger partial charge on any atom is 0.251 e. The van der Waals surface area contributed by atoms with Gasteiger partial charge in [0.1, 0.15) is 24.4 Å². The lowest BCUT2D eigenvalue weighted by atomic mass is 9.97. The number of aliphatic hydroxyl groups excluding tert-OH is 2. The SMILES string of the molecule is CO[C@H]1O[C@H](CS(N)(=O)=O)[C@@H](O)[C@H](O)[C@H]1NC(=O)c1ccccc1. The molecule has 0 saturated carbocycles. The van der Waals surface area contributed by atoms with E-state index in [0.717, 1.165) is 0 Å². The van der Waals surface area contributed by atoms with Crippen LogP contribution in [-0.4, -0.2) is 68.0 Å². The minimum atomic E-state index is -3.93. The van der Waals surface area contributed by atoms with E-state index in [-0.39, 0.29) is 0 Å². The zero-order valence-corrected chi connectivity index (χ0v) is 13.7. The van der Waals surface area contributed by atoms with E-state index in [0.29, 0.717) is 5.56 Å². The number of hydrogen-bond acceptors (Lipinski definition) is 7. The Morgan fingerprint density at radius 3 is 2.46 bits per heavy atom. The highest BCUT2D eigenvalue weighted by atomic mass is 32.2. The van der Waals surface area contributed by atoms with Crippen LogP contribution in [0.15, 0.2) is 30.3 Å². The van der Waals surface area contributed by atoms with Crippen LogP contribution in [0.3, 0.4) is 0 Å². The quantitative estimate of drug-likeness (QED) is 0.482. The number of nitrogens with two attached hydrogens (primary N) is 1. The van der Waals surface area contributed by atoms with E-state index in [1.807, 2.05) is 0 Å². The van der Waals surface area contributed by atoms with Gasteiger partial charge in [-0.25, -0.2) is 13.6 Å². The Balaban J connectivity index is 2.14. The summed E-state index contributed by atoms with van der Waals surface area (Å²) in [6, 6.07) is 7.16. The van der Waals surface area contributed by atoms with Crippen LogP contribution in [0.5, 0.6) is 0 Å². The number of methoxy groups -OCH3 is 1. The summed E-state index contributed by atoms with van der Waals surface area (Å²) >= 11 is 0. The third kappa shape index (κ3) is 4.50. The summed E-state index contributed by atoms with van der Waals surface area (Å²) in [5.41, 5.74) is 0.348. The molecule has 5 atom stereocenters. The van der Waals surface area contributed by atoms with Gasteiger partial charge in [-0.1, -0.05) is 18.2 Å². The van der Waals surface area contributed by atoms with Gasteiger partial charge in [0.05, 0.1) is 5.75 Å². The van der Waals surface area contributed by atoms with E-state index in [9.17, 15) is 23.4 Å². The fourth-order valence-corrected chi connectivity index (χ4v) is 3.21. The number of sulfonamides is 1. The van der Waals surface area contributed by atoms with E-state index in [4.69, 9.17) is 14.6 Å². The lowest BCUT2D eigenvalue weighted by Gasteiger charge is -2.42. The average molecular weight is 360 g/mol. The number of hydrogen-bond donors (Lipinski definition) is 4. The van der Waals surface area contributed by atoms with Crippen molar-refractivity contribution in [3.8, 4) is 0 Å². The van der Waals surface area contributed by atoms with Crippen molar-refractivity contribution in [1.82, 2.24) is 5.32 Å². The lowest BCUT2D eigenvalue weighted by Crippen LogP contribution is -2.65. The summed E-state index contributed by atoms with van der Waals surface area (Å²) in [6.45, 7) is 0. The van der Waals surface area contributed by atoms with Crippen molar-refractivity contribution >= 4 is 15.9 Å². The van der Waals surface area contributed by atoms with Gasteiger partial charge in [0.25, 0.3) is 5.91 Å².